The average molecular weight is 430 g/mol. The Labute approximate surface area is 180 Å². The van der Waals surface area contributed by atoms with Crippen LogP contribution in [0.1, 0.15) is 42.1 Å². The lowest BCUT2D eigenvalue weighted by atomic mass is 9.97. The molecular formula is C22H27N3O4S. The van der Waals surface area contributed by atoms with Crippen LogP contribution in [-0.4, -0.2) is 42.0 Å². The van der Waals surface area contributed by atoms with Crippen molar-refractivity contribution >= 4 is 17.7 Å². The van der Waals surface area contributed by atoms with E-state index in [1.54, 1.807) is 30.5 Å². The molecule has 0 saturated heterocycles. The molecule has 1 aliphatic heterocycles. The van der Waals surface area contributed by atoms with Crippen LogP contribution in [0.3, 0.4) is 0 Å². The summed E-state index contributed by atoms with van der Waals surface area (Å²) in [6, 6.07) is 5.62. The van der Waals surface area contributed by atoms with Crippen molar-refractivity contribution < 1.29 is 14.3 Å². The molecule has 0 radical (unpaired) electrons. The highest BCUT2D eigenvalue weighted by Gasteiger charge is 2.30. The lowest BCUT2D eigenvalue weighted by molar-refractivity contribution is -0.121. The molecule has 8 heteroatoms. The molecule has 1 aromatic carbocycles. The van der Waals surface area contributed by atoms with Gasteiger partial charge in [0.25, 0.3) is 5.56 Å². The van der Waals surface area contributed by atoms with Gasteiger partial charge in [-0.1, -0.05) is 17.8 Å². The highest BCUT2D eigenvalue weighted by molar-refractivity contribution is 7.99. The molecule has 1 N–H and O–H groups in total. The molecule has 30 heavy (non-hydrogen) atoms. The van der Waals surface area contributed by atoms with E-state index in [-0.39, 0.29) is 17.5 Å². The first-order chi connectivity index (χ1) is 14.6. The predicted molar refractivity (Wildman–Crippen MR) is 116 cm³/mol. The molecule has 2 aromatic rings. The Morgan fingerprint density at radius 1 is 1.23 bits per heavy atom. The highest BCUT2D eigenvalue weighted by Crippen LogP contribution is 2.33. The minimum Gasteiger partial charge on any atom is -0.493 e. The Bertz CT molecular complexity index is 1000. The monoisotopic (exact) mass is 429 g/mol. The van der Waals surface area contributed by atoms with Gasteiger partial charge in [-0.15, -0.1) is 0 Å². The average Bonchev–Trinajstić information content (AvgIpc) is 3.16. The molecule has 7 nitrogen and oxygen atoms in total. The second-order valence-corrected chi connectivity index (χ2v) is 8.65. The van der Waals surface area contributed by atoms with E-state index in [1.165, 1.54) is 0 Å². The smallest absolute Gasteiger partial charge is 0.257 e. The van der Waals surface area contributed by atoms with Gasteiger partial charge in [-0.2, -0.15) is 0 Å². The zero-order chi connectivity index (χ0) is 21.1. The highest BCUT2D eigenvalue weighted by atomic mass is 32.2. The van der Waals surface area contributed by atoms with Gasteiger partial charge >= 0.3 is 0 Å². The zero-order valence-corrected chi connectivity index (χ0v) is 18.2. The van der Waals surface area contributed by atoms with Crippen LogP contribution in [0.5, 0.6) is 11.5 Å². The van der Waals surface area contributed by atoms with Gasteiger partial charge in [0.1, 0.15) is 0 Å². The number of aryl methyl sites for hydroxylation is 1. The molecule has 160 valence electrons. The van der Waals surface area contributed by atoms with Gasteiger partial charge in [-0.3, -0.25) is 14.2 Å². The predicted octanol–water partition coefficient (Wildman–Crippen LogP) is 2.54. The van der Waals surface area contributed by atoms with Crippen molar-refractivity contribution in [3.8, 4) is 11.5 Å². The summed E-state index contributed by atoms with van der Waals surface area (Å²) in [5.74, 6) is 2.03. The fraction of sp³-hybridized carbons (Fsp3) is 0.500. The van der Waals surface area contributed by atoms with Gasteiger partial charge in [-0.05, 0) is 49.8 Å². The number of carbonyl (C=O) groups excluding carboxylic acids is 1. The fourth-order valence-electron chi connectivity index (χ4n) is 4.13. The Kier molecular flexibility index (Phi) is 6.32. The molecule has 1 atom stereocenters. The summed E-state index contributed by atoms with van der Waals surface area (Å²) in [6.07, 6.45) is 4.82. The van der Waals surface area contributed by atoms with E-state index in [9.17, 15) is 9.59 Å². The van der Waals surface area contributed by atoms with E-state index in [0.717, 1.165) is 47.7 Å². The third kappa shape index (κ3) is 4.19. The lowest BCUT2D eigenvalue weighted by Gasteiger charge is -2.18. The van der Waals surface area contributed by atoms with E-state index >= 15 is 0 Å². The molecule has 0 fully saturated rings. The summed E-state index contributed by atoms with van der Waals surface area (Å²) >= 11 is 1.58. The topological polar surface area (TPSA) is 82.5 Å². The van der Waals surface area contributed by atoms with Crippen LogP contribution in [0, 0.1) is 0 Å². The van der Waals surface area contributed by atoms with Gasteiger partial charge in [0.05, 0.1) is 26.0 Å². The van der Waals surface area contributed by atoms with Gasteiger partial charge < -0.3 is 14.8 Å². The molecule has 1 unspecified atom stereocenters. The number of ether oxygens (including phenoxy) is 2. The van der Waals surface area contributed by atoms with Crippen LogP contribution in [0.4, 0.5) is 0 Å². The number of hydrogen-bond acceptors (Lipinski definition) is 6. The minimum atomic E-state index is -0.127. The fourth-order valence-corrected chi connectivity index (χ4v) is 5.29. The third-order valence-corrected chi connectivity index (χ3v) is 6.82. The second kappa shape index (κ2) is 9.12. The molecule has 2 aliphatic rings. The van der Waals surface area contributed by atoms with Crippen LogP contribution in [0.2, 0.25) is 0 Å². The number of carbonyl (C=O) groups is 1. The van der Waals surface area contributed by atoms with Crippen molar-refractivity contribution in [2.75, 3.05) is 26.5 Å². The van der Waals surface area contributed by atoms with Crippen LogP contribution >= 0.6 is 11.8 Å². The number of nitrogens with zero attached hydrogens (tertiary/aromatic N) is 2. The normalized spacial score (nSPS) is 17.2. The van der Waals surface area contributed by atoms with E-state index in [1.807, 2.05) is 18.2 Å². The van der Waals surface area contributed by atoms with E-state index in [4.69, 9.17) is 14.5 Å². The van der Waals surface area contributed by atoms with E-state index in [2.05, 4.69) is 5.32 Å². The number of rotatable bonds is 7. The molecule has 0 saturated carbocycles. The number of methoxy groups -OCH3 is 2. The summed E-state index contributed by atoms with van der Waals surface area (Å²) in [5, 5.41) is 3.75. The second-order valence-electron chi connectivity index (χ2n) is 7.66. The van der Waals surface area contributed by atoms with Crippen molar-refractivity contribution in [1.82, 2.24) is 14.9 Å². The van der Waals surface area contributed by atoms with Crippen molar-refractivity contribution in [2.24, 2.45) is 0 Å². The molecule has 1 amide bonds. The van der Waals surface area contributed by atoms with E-state index in [0.29, 0.717) is 36.6 Å². The molecule has 2 heterocycles. The summed E-state index contributed by atoms with van der Waals surface area (Å²) in [7, 11) is 3.21. The van der Waals surface area contributed by atoms with Crippen molar-refractivity contribution in [3.05, 3.63) is 45.4 Å². The molecule has 1 aromatic heterocycles. The van der Waals surface area contributed by atoms with Gasteiger partial charge in [0.2, 0.25) is 5.91 Å². The Morgan fingerprint density at radius 3 is 2.83 bits per heavy atom. The molecule has 0 bridgehead atoms. The van der Waals surface area contributed by atoms with Crippen molar-refractivity contribution in [3.63, 3.8) is 0 Å². The maximum absolute atomic E-state index is 13.0. The van der Waals surface area contributed by atoms with Gasteiger partial charge in [0.15, 0.2) is 16.7 Å². The standard InChI is InChI=1S/C22H27N3O4S/c1-28-18-8-7-14(11-19(18)29-2)9-10-23-20(26)12-15-13-30-22-24-17-6-4-3-5-16(17)21(27)25(15)22/h7-8,11,15H,3-6,9-10,12-13H2,1-2H3,(H,23,26). The van der Waals surface area contributed by atoms with Crippen LogP contribution in [0.15, 0.2) is 28.2 Å². The van der Waals surface area contributed by atoms with Crippen LogP contribution in [0.25, 0.3) is 0 Å². The SMILES string of the molecule is COc1ccc(CCNC(=O)CC2CSc3nc4c(c(=O)n32)CCCC4)cc1OC. The Balaban J connectivity index is 1.36. The summed E-state index contributed by atoms with van der Waals surface area (Å²) in [4.78, 5) is 30.2. The first-order valence-electron chi connectivity index (χ1n) is 10.4. The third-order valence-electron chi connectivity index (χ3n) is 5.73. The zero-order valence-electron chi connectivity index (χ0n) is 17.4. The first-order valence-corrected chi connectivity index (χ1v) is 11.3. The summed E-state index contributed by atoms with van der Waals surface area (Å²) in [6.45, 7) is 0.526. The molecule has 0 spiro atoms. The Hall–Kier alpha value is -2.48. The lowest BCUT2D eigenvalue weighted by Crippen LogP contribution is -2.34. The van der Waals surface area contributed by atoms with Gasteiger partial charge in [0, 0.05) is 24.3 Å². The van der Waals surface area contributed by atoms with Gasteiger partial charge in [-0.25, -0.2) is 4.98 Å². The minimum absolute atomic E-state index is 0.0430. The number of fused-ring (bicyclic) bond motifs is 2. The number of thioether (sulfide) groups is 1. The molecule has 4 rings (SSSR count). The maximum atomic E-state index is 13.0. The van der Waals surface area contributed by atoms with Crippen molar-refractivity contribution in [1.29, 1.82) is 0 Å². The summed E-state index contributed by atoms with van der Waals surface area (Å²) in [5.41, 5.74) is 2.93. The number of hydrogen-bond donors (Lipinski definition) is 1. The summed E-state index contributed by atoms with van der Waals surface area (Å²) < 4.78 is 12.3. The maximum Gasteiger partial charge on any atom is 0.257 e. The first kappa shape index (κ1) is 20.8. The molecule has 1 aliphatic carbocycles. The number of aromatic nitrogens is 2. The largest absolute Gasteiger partial charge is 0.493 e. The van der Waals surface area contributed by atoms with E-state index < -0.39 is 0 Å². The quantitative estimate of drug-likeness (QED) is 0.681. The van der Waals surface area contributed by atoms with Crippen LogP contribution in [-0.2, 0) is 24.1 Å². The van der Waals surface area contributed by atoms with Crippen LogP contribution < -0.4 is 20.3 Å². The number of benzene rings is 1. The number of amides is 1. The number of nitrogens with one attached hydrogen (secondary N) is 1. The molecular weight excluding hydrogens is 402 g/mol. The van der Waals surface area contributed by atoms with Crippen molar-refractivity contribution in [2.45, 2.75) is 49.7 Å². The Morgan fingerprint density at radius 2 is 2.03 bits per heavy atom.